The predicted molar refractivity (Wildman–Crippen MR) is 67.8 cm³/mol. The Labute approximate surface area is 105 Å². The van der Waals surface area contributed by atoms with Crippen LogP contribution in [0.1, 0.15) is 31.7 Å². The van der Waals surface area contributed by atoms with Gasteiger partial charge in [0.1, 0.15) is 5.82 Å². The lowest BCUT2D eigenvalue weighted by Crippen LogP contribution is -2.26. The van der Waals surface area contributed by atoms with Crippen molar-refractivity contribution in [2.24, 2.45) is 0 Å². The van der Waals surface area contributed by atoms with Crippen LogP contribution in [0.3, 0.4) is 0 Å². The first kappa shape index (κ1) is 12.1. The summed E-state index contributed by atoms with van der Waals surface area (Å²) in [4.78, 5) is 2.46. The van der Waals surface area contributed by atoms with Crippen LogP contribution in [0.5, 0.6) is 0 Å². The molecule has 0 aliphatic heterocycles. The molecule has 1 fully saturated rings. The maximum Gasteiger partial charge on any atom is 0.137 e. The quantitative estimate of drug-likeness (QED) is 0.792. The second-order valence-corrected chi connectivity index (χ2v) is 5.21. The van der Waals surface area contributed by atoms with Crippen molar-refractivity contribution in [2.45, 2.75) is 38.8 Å². The zero-order valence-corrected chi connectivity index (χ0v) is 11.1. The molecule has 2 rings (SSSR count). The third-order valence-electron chi connectivity index (χ3n) is 2.98. The molecule has 3 heteroatoms. The summed E-state index contributed by atoms with van der Waals surface area (Å²) in [6.45, 7) is 4.15. The molecule has 0 heterocycles. The van der Waals surface area contributed by atoms with Gasteiger partial charge in [-0.25, -0.2) is 4.39 Å². The number of hydrogen-bond donors (Lipinski definition) is 0. The van der Waals surface area contributed by atoms with E-state index in [0.29, 0.717) is 4.47 Å². The summed E-state index contributed by atoms with van der Waals surface area (Å²) in [5.74, 6) is -0.162. The summed E-state index contributed by atoms with van der Waals surface area (Å²) in [6.07, 6.45) is 3.75. The smallest absolute Gasteiger partial charge is 0.137 e. The average molecular weight is 286 g/mol. The first-order chi connectivity index (χ1) is 7.72. The Morgan fingerprint density at radius 3 is 2.81 bits per heavy atom. The molecule has 1 saturated carbocycles. The van der Waals surface area contributed by atoms with Crippen molar-refractivity contribution >= 4 is 15.9 Å². The topological polar surface area (TPSA) is 3.24 Å². The van der Waals surface area contributed by atoms with Crippen LogP contribution >= 0.6 is 15.9 Å². The second kappa shape index (κ2) is 5.28. The lowest BCUT2D eigenvalue weighted by Gasteiger charge is -2.21. The van der Waals surface area contributed by atoms with Gasteiger partial charge in [0.15, 0.2) is 0 Å². The van der Waals surface area contributed by atoms with Crippen LogP contribution in [-0.4, -0.2) is 17.5 Å². The van der Waals surface area contributed by atoms with E-state index >= 15 is 0 Å². The second-order valence-electron chi connectivity index (χ2n) is 4.41. The molecule has 0 atom stereocenters. The third kappa shape index (κ3) is 2.83. The molecule has 0 spiro atoms. The Hall–Kier alpha value is -0.410. The Bertz CT molecular complexity index is 363. The SMILES string of the molecule is CCCN(Cc1cccc(F)c1Br)C1CC1. The van der Waals surface area contributed by atoms with E-state index in [-0.39, 0.29) is 5.82 Å². The van der Waals surface area contributed by atoms with Crippen LogP contribution in [0.4, 0.5) is 4.39 Å². The maximum absolute atomic E-state index is 13.4. The normalized spacial score (nSPS) is 15.8. The molecule has 1 aliphatic carbocycles. The number of benzene rings is 1. The molecule has 0 N–H and O–H groups in total. The fraction of sp³-hybridized carbons (Fsp3) is 0.538. The predicted octanol–water partition coefficient (Wildman–Crippen LogP) is 3.96. The summed E-state index contributed by atoms with van der Waals surface area (Å²) in [6, 6.07) is 6.01. The van der Waals surface area contributed by atoms with E-state index in [1.54, 1.807) is 6.07 Å². The lowest BCUT2D eigenvalue weighted by molar-refractivity contribution is 0.254. The zero-order chi connectivity index (χ0) is 11.5. The highest BCUT2D eigenvalue weighted by Crippen LogP contribution is 2.30. The van der Waals surface area contributed by atoms with E-state index in [1.807, 2.05) is 6.07 Å². The monoisotopic (exact) mass is 285 g/mol. The van der Waals surface area contributed by atoms with Crippen molar-refractivity contribution < 1.29 is 4.39 Å². The van der Waals surface area contributed by atoms with Gasteiger partial charge in [-0.2, -0.15) is 0 Å². The standard InChI is InChI=1S/C13H17BrFN/c1-2-8-16(11-6-7-11)9-10-4-3-5-12(15)13(10)14/h3-5,11H,2,6-9H2,1H3. The van der Waals surface area contributed by atoms with Crippen molar-refractivity contribution in [1.29, 1.82) is 0 Å². The van der Waals surface area contributed by atoms with Gasteiger partial charge in [0.2, 0.25) is 0 Å². The molecule has 0 unspecified atom stereocenters. The van der Waals surface area contributed by atoms with Gasteiger partial charge in [-0.15, -0.1) is 0 Å². The number of halogens is 2. The first-order valence-corrected chi connectivity index (χ1v) is 6.68. The fourth-order valence-corrected chi connectivity index (χ4v) is 2.40. The summed E-state index contributed by atoms with van der Waals surface area (Å²) in [5.41, 5.74) is 1.06. The number of hydrogen-bond acceptors (Lipinski definition) is 1. The lowest BCUT2D eigenvalue weighted by atomic mass is 10.2. The highest BCUT2D eigenvalue weighted by atomic mass is 79.9. The van der Waals surface area contributed by atoms with Crippen LogP contribution in [0, 0.1) is 5.82 Å². The minimum Gasteiger partial charge on any atom is -0.296 e. The molecule has 0 saturated heterocycles. The van der Waals surface area contributed by atoms with Gasteiger partial charge in [0.25, 0.3) is 0 Å². The fourth-order valence-electron chi connectivity index (χ4n) is 2.01. The Kier molecular flexibility index (Phi) is 3.98. The van der Waals surface area contributed by atoms with Gasteiger partial charge in [-0.05, 0) is 53.4 Å². The molecule has 88 valence electrons. The highest BCUT2D eigenvalue weighted by Gasteiger charge is 2.28. The average Bonchev–Trinajstić information content (AvgIpc) is 3.07. The molecule has 1 aromatic rings. The number of rotatable bonds is 5. The van der Waals surface area contributed by atoms with Crippen molar-refractivity contribution in [3.05, 3.63) is 34.1 Å². The minimum absolute atomic E-state index is 0.162. The van der Waals surface area contributed by atoms with E-state index in [1.165, 1.54) is 18.9 Å². The van der Waals surface area contributed by atoms with E-state index in [4.69, 9.17) is 0 Å². The van der Waals surface area contributed by atoms with Crippen molar-refractivity contribution in [2.75, 3.05) is 6.54 Å². The molecule has 0 aromatic heterocycles. The third-order valence-corrected chi connectivity index (χ3v) is 3.87. The van der Waals surface area contributed by atoms with Crippen molar-refractivity contribution in [1.82, 2.24) is 4.90 Å². The van der Waals surface area contributed by atoms with E-state index < -0.39 is 0 Å². The molecule has 0 radical (unpaired) electrons. The molecule has 0 bridgehead atoms. The Morgan fingerprint density at radius 2 is 2.19 bits per heavy atom. The largest absolute Gasteiger partial charge is 0.296 e. The molecule has 1 aromatic carbocycles. The number of nitrogens with zero attached hydrogens (tertiary/aromatic N) is 1. The van der Waals surface area contributed by atoms with Crippen LogP contribution in [0.15, 0.2) is 22.7 Å². The van der Waals surface area contributed by atoms with Crippen LogP contribution in [0.25, 0.3) is 0 Å². The van der Waals surface area contributed by atoms with Gasteiger partial charge in [-0.1, -0.05) is 19.1 Å². The molecular weight excluding hydrogens is 269 g/mol. The van der Waals surface area contributed by atoms with E-state index in [9.17, 15) is 4.39 Å². The van der Waals surface area contributed by atoms with E-state index in [2.05, 4.69) is 27.8 Å². The summed E-state index contributed by atoms with van der Waals surface area (Å²) in [5, 5.41) is 0. The zero-order valence-electron chi connectivity index (χ0n) is 9.55. The van der Waals surface area contributed by atoms with Crippen molar-refractivity contribution in [3.8, 4) is 0 Å². The molecule has 1 nitrogen and oxygen atoms in total. The Morgan fingerprint density at radius 1 is 1.44 bits per heavy atom. The minimum atomic E-state index is -0.162. The van der Waals surface area contributed by atoms with Crippen LogP contribution in [0.2, 0.25) is 0 Å². The molecular formula is C13H17BrFN. The van der Waals surface area contributed by atoms with Gasteiger partial charge in [0, 0.05) is 12.6 Å². The summed E-state index contributed by atoms with van der Waals surface area (Å²) in [7, 11) is 0. The molecule has 0 amide bonds. The highest BCUT2D eigenvalue weighted by molar-refractivity contribution is 9.10. The van der Waals surface area contributed by atoms with Crippen molar-refractivity contribution in [3.63, 3.8) is 0 Å². The van der Waals surface area contributed by atoms with Gasteiger partial charge in [0.05, 0.1) is 4.47 Å². The molecule has 1 aliphatic rings. The summed E-state index contributed by atoms with van der Waals surface area (Å²) >= 11 is 3.33. The van der Waals surface area contributed by atoms with E-state index in [0.717, 1.165) is 31.1 Å². The Balaban J connectivity index is 2.08. The molecule has 16 heavy (non-hydrogen) atoms. The maximum atomic E-state index is 13.4. The first-order valence-electron chi connectivity index (χ1n) is 5.89. The van der Waals surface area contributed by atoms with Crippen LogP contribution < -0.4 is 0 Å². The van der Waals surface area contributed by atoms with Gasteiger partial charge in [-0.3, -0.25) is 4.90 Å². The van der Waals surface area contributed by atoms with Gasteiger partial charge < -0.3 is 0 Å². The summed E-state index contributed by atoms with van der Waals surface area (Å²) < 4.78 is 14.0. The van der Waals surface area contributed by atoms with Gasteiger partial charge >= 0.3 is 0 Å². The van der Waals surface area contributed by atoms with Crippen LogP contribution in [-0.2, 0) is 6.54 Å².